The largest absolute Gasteiger partial charge is 0.497 e. The van der Waals surface area contributed by atoms with Gasteiger partial charge in [-0.2, -0.15) is 13.2 Å². The van der Waals surface area contributed by atoms with Crippen LogP contribution in [-0.4, -0.2) is 47.7 Å². The summed E-state index contributed by atoms with van der Waals surface area (Å²) in [5.41, 5.74) is -0.423. The molecule has 2 heterocycles. The molecule has 0 atom stereocenters. The number of benzene rings is 2. The van der Waals surface area contributed by atoms with Crippen LogP contribution >= 0.6 is 11.8 Å². The van der Waals surface area contributed by atoms with Crippen molar-refractivity contribution in [1.82, 2.24) is 4.90 Å². The molecule has 0 radical (unpaired) electrons. The summed E-state index contributed by atoms with van der Waals surface area (Å²) in [5, 5.41) is 2.40. The van der Waals surface area contributed by atoms with Gasteiger partial charge in [-0.15, -0.1) is 11.8 Å². The molecule has 2 aromatic carbocycles. The van der Waals surface area contributed by atoms with Crippen LogP contribution in [0.2, 0.25) is 0 Å². The summed E-state index contributed by atoms with van der Waals surface area (Å²) in [6.07, 6.45) is -3.54. The first-order valence-electron chi connectivity index (χ1n) is 10.1. The van der Waals surface area contributed by atoms with Gasteiger partial charge in [0.25, 0.3) is 0 Å². The third-order valence-electron chi connectivity index (χ3n) is 5.74. The number of anilines is 2. The third kappa shape index (κ3) is 4.23. The molecule has 4 rings (SSSR count). The normalized spacial score (nSPS) is 18.2. The lowest BCUT2D eigenvalue weighted by Crippen LogP contribution is -2.53. The van der Waals surface area contributed by atoms with E-state index in [1.54, 1.807) is 35.9 Å². The first-order chi connectivity index (χ1) is 15.2. The number of nitrogens with zero attached hydrogens (tertiary/aromatic N) is 2. The van der Waals surface area contributed by atoms with E-state index in [9.17, 15) is 22.8 Å². The van der Waals surface area contributed by atoms with Crippen molar-refractivity contribution < 1.29 is 27.5 Å². The van der Waals surface area contributed by atoms with Crippen molar-refractivity contribution >= 4 is 35.1 Å². The van der Waals surface area contributed by atoms with Crippen LogP contribution in [0.3, 0.4) is 0 Å². The number of amides is 3. The molecule has 2 saturated heterocycles. The number of likely N-dealkylation sites (tertiary alicyclic amines) is 1. The molecule has 1 N–H and O–H groups in total. The molecule has 10 heteroatoms. The highest BCUT2D eigenvalue weighted by Crippen LogP contribution is 2.47. The Labute approximate surface area is 187 Å². The Morgan fingerprint density at radius 1 is 1.12 bits per heavy atom. The van der Waals surface area contributed by atoms with E-state index in [4.69, 9.17) is 4.74 Å². The highest BCUT2D eigenvalue weighted by molar-refractivity contribution is 8.02. The standard InChI is InChI=1S/C22H22F3N3O3S/c1-31-16-6-4-5-15(13-16)28-19(29)14-32-21(28)9-11-27(12-10-21)20(30)26-18-8-3-2-7-17(18)22(23,24)25/h2-8,13H,9-12,14H2,1H3,(H,26,30). The van der Waals surface area contributed by atoms with Crippen molar-refractivity contribution in [2.24, 2.45) is 0 Å². The van der Waals surface area contributed by atoms with Gasteiger partial charge in [-0.1, -0.05) is 18.2 Å². The molecule has 0 aliphatic carbocycles. The number of alkyl halides is 3. The number of carbonyl (C=O) groups excluding carboxylic acids is 2. The second-order valence-corrected chi connectivity index (χ2v) is 8.96. The van der Waals surface area contributed by atoms with E-state index in [0.29, 0.717) is 37.4 Å². The van der Waals surface area contributed by atoms with Crippen LogP contribution in [0, 0.1) is 0 Å². The summed E-state index contributed by atoms with van der Waals surface area (Å²) >= 11 is 1.54. The number of nitrogens with one attached hydrogen (secondary N) is 1. The van der Waals surface area contributed by atoms with Crippen LogP contribution in [0.1, 0.15) is 18.4 Å². The Balaban J connectivity index is 1.48. The summed E-state index contributed by atoms with van der Waals surface area (Å²) in [5.74, 6) is 0.963. The van der Waals surface area contributed by atoms with E-state index in [-0.39, 0.29) is 11.6 Å². The van der Waals surface area contributed by atoms with Gasteiger partial charge in [0.05, 0.1) is 29.0 Å². The Morgan fingerprint density at radius 3 is 2.53 bits per heavy atom. The molecule has 2 aromatic rings. The lowest BCUT2D eigenvalue weighted by Gasteiger charge is -2.44. The molecule has 2 aliphatic heterocycles. The van der Waals surface area contributed by atoms with E-state index >= 15 is 0 Å². The lowest BCUT2D eigenvalue weighted by atomic mass is 10.0. The Bertz CT molecular complexity index is 1020. The first-order valence-corrected chi connectivity index (χ1v) is 11.1. The second-order valence-electron chi connectivity index (χ2n) is 7.63. The second kappa shape index (κ2) is 8.57. The van der Waals surface area contributed by atoms with Gasteiger partial charge in [0, 0.05) is 24.8 Å². The predicted molar refractivity (Wildman–Crippen MR) is 117 cm³/mol. The Morgan fingerprint density at radius 2 is 1.84 bits per heavy atom. The first kappa shape index (κ1) is 22.3. The average Bonchev–Trinajstić information content (AvgIpc) is 3.09. The van der Waals surface area contributed by atoms with Crippen molar-refractivity contribution in [1.29, 1.82) is 0 Å². The zero-order chi connectivity index (χ0) is 22.9. The van der Waals surface area contributed by atoms with Crippen LogP contribution in [0.15, 0.2) is 48.5 Å². The maximum atomic E-state index is 13.2. The molecule has 2 fully saturated rings. The lowest BCUT2D eigenvalue weighted by molar-refractivity contribution is -0.136. The van der Waals surface area contributed by atoms with Crippen molar-refractivity contribution in [3.8, 4) is 5.75 Å². The Kier molecular flexibility index (Phi) is 5.98. The number of thioether (sulfide) groups is 1. The summed E-state index contributed by atoms with van der Waals surface area (Å²) in [4.78, 5) is 28.2. The summed E-state index contributed by atoms with van der Waals surface area (Å²) < 4.78 is 44.9. The van der Waals surface area contributed by atoms with Crippen LogP contribution < -0.4 is 15.0 Å². The van der Waals surface area contributed by atoms with Gasteiger partial charge in [-0.3, -0.25) is 9.69 Å². The fraction of sp³-hybridized carbons (Fsp3) is 0.364. The number of methoxy groups -OCH3 is 1. The van der Waals surface area contributed by atoms with Crippen LogP contribution in [0.5, 0.6) is 5.75 Å². The number of hydrogen-bond donors (Lipinski definition) is 1. The van der Waals surface area contributed by atoms with Crippen molar-refractivity contribution in [2.75, 3.05) is 36.2 Å². The van der Waals surface area contributed by atoms with Crippen LogP contribution in [0.4, 0.5) is 29.3 Å². The van der Waals surface area contributed by atoms with Crippen LogP contribution in [0.25, 0.3) is 0 Å². The maximum Gasteiger partial charge on any atom is 0.418 e. The fourth-order valence-electron chi connectivity index (χ4n) is 4.14. The van der Waals surface area contributed by atoms with E-state index < -0.39 is 22.6 Å². The zero-order valence-electron chi connectivity index (χ0n) is 17.3. The molecule has 6 nitrogen and oxygen atoms in total. The summed E-state index contributed by atoms with van der Waals surface area (Å²) in [6, 6.07) is 11.6. The van der Waals surface area contributed by atoms with Gasteiger partial charge in [0.2, 0.25) is 5.91 Å². The molecule has 0 unspecified atom stereocenters. The molecule has 2 aliphatic rings. The highest BCUT2D eigenvalue weighted by Gasteiger charge is 2.49. The van der Waals surface area contributed by atoms with Gasteiger partial charge in [0.15, 0.2) is 0 Å². The Hall–Kier alpha value is -2.88. The topological polar surface area (TPSA) is 61.9 Å². The van der Waals surface area contributed by atoms with Gasteiger partial charge in [-0.25, -0.2) is 4.79 Å². The minimum Gasteiger partial charge on any atom is -0.497 e. The van der Waals surface area contributed by atoms with Gasteiger partial charge >= 0.3 is 12.2 Å². The van der Waals surface area contributed by atoms with E-state index in [2.05, 4.69) is 5.32 Å². The molecule has 170 valence electrons. The number of carbonyl (C=O) groups is 2. The molecule has 3 amide bonds. The molecular weight excluding hydrogens is 443 g/mol. The van der Waals surface area contributed by atoms with Crippen LogP contribution in [-0.2, 0) is 11.0 Å². The highest BCUT2D eigenvalue weighted by atomic mass is 32.2. The summed E-state index contributed by atoms with van der Waals surface area (Å²) in [7, 11) is 1.56. The number of para-hydroxylation sites is 1. The van der Waals surface area contributed by atoms with Crippen molar-refractivity contribution in [2.45, 2.75) is 23.9 Å². The number of urea groups is 1. The minimum atomic E-state index is -4.56. The van der Waals surface area contributed by atoms with Crippen molar-refractivity contribution in [3.05, 3.63) is 54.1 Å². The van der Waals surface area contributed by atoms with Gasteiger partial charge < -0.3 is 15.0 Å². The van der Waals surface area contributed by atoms with E-state index in [1.165, 1.54) is 23.1 Å². The predicted octanol–water partition coefficient (Wildman–Crippen LogP) is 4.82. The molecule has 32 heavy (non-hydrogen) atoms. The monoisotopic (exact) mass is 465 g/mol. The van der Waals surface area contributed by atoms with E-state index in [1.807, 2.05) is 12.1 Å². The molecule has 0 aromatic heterocycles. The molecular formula is C22H22F3N3O3S. The zero-order valence-corrected chi connectivity index (χ0v) is 18.1. The SMILES string of the molecule is COc1cccc(N2C(=O)CSC23CCN(C(=O)Nc2ccccc2C(F)(F)F)CC3)c1. The third-order valence-corrected chi connectivity index (χ3v) is 7.26. The summed E-state index contributed by atoms with van der Waals surface area (Å²) in [6.45, 7) is 0.640. The molecule has 0 saturated carbocycles. The number of hydrogen-bond acceptors (Lipinski definition) is 4. The number of rotatable bonds is 3. The number of halogens is 3. The molecule has 1 spiro atoms. The van der Waals surface area contributed by atoms with E-state index in [0.717, 1.165) is 11.8 Å². The fourth-order valence-corrected chi connectivity index (χ4v) is 5.47. The van der Waals surface area contributed by atoms with Gasteiger partial charge in [0.1, 0.15) is 5.75 Å². The average molecular weight is 465 g/mol. The smallest absolute Gasteiger partial charge is 0.418 e. The molecule has 0 bridgehead atoms. The number of ether oxygens (including phenoxy) is 1. The van der Waals surface area contributed by atoms with Crippen molar-refractivity contribution in [3.63, 3.8) is 0 Å². The quantitative estimate of drug-likeness (QED) is 0.706. The number of piperidine rings is 1. The minimum absolute atomic E-state index is 0.0136. The maximum absolute atomic E-state index is 13.2. The van der Waals surface area contributed by atoms with Gasteiger partial charge in [-0.05, 0) is 37.1 Å².